The van der Waals surface area contributed by atoms with Gasteiger partial charge in [-0.2, -0.15) is 0 Å². The van der Waals surface area contributed by atoms with E-state index in [-0.39, 0.29) is 11.4 Å². The molecule has 132 valence electrons. The summed E-state index contributed by atoms with van der Waals surface area (Å²) < 4.78 is 14.7. The molecule has 6 nitrogen and oxygen atoms in total. The van der Waals surface area contributed by atoms with Gasteiger partial charge in [0.15, 0.2) is 11.6 Å². The minimum Gasteiger partial charge on any atom is -0.353 e. The molecule has 0 aliphatic carbocycles. The molecule has 26 heavy (non-hydrogen) atoms. The molecule has 2 aliphatic heterocycles. The maximum absolute atomic E-state index is 14.3. The van der Waals surface area contributed by atoms with Crippen LogP contribution >= 0.6 is 15.9 Å². The molecule has 0 unspecified atom stereocenters. The molecule has 0 amide bonds. The van der Waals surface area contributed by atoms with E-state index in [1.807, 2.05) is 12.1 Å². The minimum absolute atomic E-state index is 0.282. The van der Waals surface area contributed by atoms with Crippen LogP contribution in [-0.4, -0.2) is 40.1 Å². The predicted octanol–water partition coefficient (Wildman–Crippen LogP) is 3.22. The fourth-order valence-corrected chi connectivity index (χ4v) is 3.89. The molecular weight excluding hydrogens is 399 g/mol. The molecule has 4 heterocycles. The van der Waals surface area contributed by atoms with Crippen molar-refractivity contribution in [3.63, 3.8) is 0 Å². The van der Waals surface area contributed by atoms with Crippen molar-refractivity contribution < 1.29 is 4.39 Å². The van der Waals surface area contributed by atoms with Crippen molar-refractivity contribution in [2.75, 3.05) is 29.9 Å². The van der Waals surface area contributed by atoms with Crippen molar-refractivity contribution in [3.8, 4) is 0 Å². The van der Waals surface area contributed by atoms with Crippen LogP contribution < -0.4 is 15.5 Å². The molecule has 2 aliphatic rings. The molecule has 2 N–H and O–H groups in total. The van der Waals surface area contributed by atoms with Gasteiger partial charge in [-0.1, -0.05) is 6.07 Å². The number of fused-ring (bicyclic) bond motifs is 1. The van der Waals surface area contributed by atoms with E-state index < -0.39 is 0 Å². The van der Waals surface area contributed by atoms with Crippen molar-refractivity contribution in [1.82, 2.24) is 20.3 Å². The first-order chi connectivity index (χ1) is 12.6. The molecule has 2 fully saturated rings. The summed E-state index contributed by atoms with van der Waals surface area (Å²) in [5, 5.41) is 6.55. The van der Waals surface area contributed by atoms with E-state index in [0.717, 1.165) is 31.0 Å². The Morgan fingerprint density at radius 2 is 2.04 bits per heavy atom. The standard InChI is InChI=1S/C18H16BrFN6/c19-11-2-1-3-12(15(11)20)24-17-16-13(21-10-22-17)4-5-14(25-16)26-8-18(9-26)6-7-23-18/h1-5,10,23H,6-9H2,(H,21,22,24). The zero-order chi connectivity index (χ0) is 17.7. The van der Waals surface area contributed by atoms with Crippen LogP contribution in [0.25, 0.3) is 11.0 Å². The molecule has 0 bridgehead atoms. The van der Waals surface area contributed by atoms with E-state index in [2.05, 4.69) is 41.4 Å². The van der Waals surface area contributed by atoms with E-state index in [9.17, 15) is 4.39 Å². The lowest BCUT2D eigenvalue weighted by molar-refractivity contribution is 0.159. The zero-order valence-corrected chi connectivity index (χ0v) is 15.4. The van der Waals surface area contributed by atoms with Crippen LogP contribution in [0.5, 0.6) is 0 Å². The lowest BCUT2D eigenvalue weighted by Gasteiger charge is -2.56. The summed E-state index contributed by atoms with van der Waals surface area (Å²) in [7, 11) is 0. The van der Waals surface area contributed by atoms with Gasteiger partial charge in [-0.15, -0.1) is 0 Å². The highest BCUT2D eigenvalue weighted by Crippen LogP contribution is 2.34. The summed E-state index contributed by atoms with van der Waals surface area (Å²) in [4.78, 5) is 15.5. The van der Waals surface area contributed by atoms with Crippen molar-refractivity contribution in [2.45, 2.75) is 12.0 Å². The second-order valence-corrected chi connectivity index (χ2v) is 7.65. The number of hydrogen-bond donors (Lipinski definition) is 2. The Balaban J connectivity index is 1.49. The summed E-state index contributed by atoms with van der Waals surface area (Å²) in [6.45, 7) is 3.02. The Hall–Kier alpha value is -2.32. The number of aromatic nitrogens is 3. The predicted molar refractivity (Wildman–Crippen MR) is 102 cm³/mol. The minimum atomic E-state index is -0.365. The van der Waals surface area contributed by atoms with Gasteiger partial charge >= 0.3 is 0 Å². The van der Waals surface area contributed by atoms with E-state index in [1.165, 1.54) is 12.7 Å². The Kier molecular flexibility index (Phi) is 3.58. The highest BCUT2D eigenvalue weighted by molar-refractivity contribution is 9.10. The molecule has 2 saturated heterocycles. The van der Waals surface area contributed by atoms with Gasteiger partial charge in [-0.05, 0) is 53.2 Å². The summed E-state index contributed by atoms with van der Waals surface area (Å²) in [5.41, 5.74) is 1.98. The van der Waals surface area contributed by atoms with Gasteiger partial charge in [0.1, 0.15) is 17.7 Å². The first-order valence-corrected chi connectivity index (χ1v) is 9.26. The fourth-order valence-electron chi connectivity index (χ4n) is 3.52. The van der Waals surface area contributed by atoms with Crippen molar-refractivity contribution in [2.24, 2.45) is 0 Å². The average molecular weight is 415 g/mol. The fraction of sp³-hybridized carbons (Fsp3) is 0.278. The molecule has 0 saturated carbocycles. The van der Waals surface area contributed by atoms with Gasteiger partial charge in [-0.25, -0.2) is 19.3 Å². The molecule has 8 heteroatoms. The summed E-state index contributed by atoms with van der Waals surface area (Å²) in [6, 6.07) is 9.00. The number of halogens is 2. The third-order valence-electron chi connectivity index (χ3n) is 5.09. The third-order valence-corrected chi connectivity index (χ3v) is 5.70. The topological polar surface area (TPSA) is 66.0 Å². The lowest BCUT2D eigenvalue weighted by atomic mass is 9.80. The molecule has 1 aromatic carbocycles. The summed E-state index contributed by atoms with van der Waals surface area (Å²) in [6.07, 6.45) is 2.67. The number of pyridine rings is 1. The first kappa shape index (κ1) is 15.9. The lowest BCUT2D eigenvalue weighted by Crippen LogP contribution is -2.76. The number of nitrogens with zero attached hydrogens (tertiary/aromatic N) is 4. The largest absolute Gasteiger partial charge is 0.353 e. The highest BCUT2D eigenvalue weighted by atomic mass is 79.9. The van der Waals surface area contributed by atoms with E-state index >= 15 is 0 Å². The number of hydrogen-bond acceptors (Lipinski definition) is 6. The Morgan fingerprint density at radius 3 is 2.81 bits per heavy atom. The van der Waals surface area contributed by atoms with E-state index in [4.69, 9.17) is 4.98 Å². The van der Waals surface area contributed by atoms with Gasteiger partial charge in [0.2, 0.25) is 0 Å². The zero-order valence-electron chi connectivity index (χ0n) is 13.8. The van der Waals surface area contributed by atoms with Gasteiger partial charge in [0.25, 0.3) is 0 Å². The second-order valence-electron chi connectivity index (χ2n) is 6.80. The van der Waals surface area contributed by atoms with Crippen molar-refractivity contribution in [1.29, 1.82) is 0 Å². The van der Waals surface area contributed by atoms with E-state index in [0.29, 0.717) is 21.5 Å². The second kappa shape index (κ2) is 5.85. The number of anilines is 3. The Bertz CT molecular complexity index is 998. The monoisotopic (exact) mass is 414 g/mol. The van der Waals surface area contributed by atoms with Gasteiger partial charge in [0.05, 0.1) is 21.2 Å². The molecular formula is C18H16BrFN6. The van der Waals surface area contributed by atoms with Crippen molar-refractivity contribution >= 4 is 44.3 Å². The van der Waals surface area contributed by atoms with Gasteiger partial charge in [0, 0.05) is 13.1 Å². The average Bonchev–Trinajstić information content (AvgIpc) is 2.57. The van der Waals surface area contributed by atoms with Crippen LogP contribution in [0.2, 0.25) is 0 Å². The number of rotatable bonds is 3. The van der Waals surface area contributed by atoms with Crippen LogP contribution in [0.15, 0.2) is 41.1 Å². The quantitative estimate of drug-likeness (QED) is 0.685. The normalized spacial score (nSPS) is 17.8. The summed E-state index contributed by atoms with van der Waals surface area (Å²) in [5.74, 6) is 1.02. The van der Waals surface area contributed by atoms with Crippen molar-refractivity contribution in [3.05, 3.63) is 46.9 Å². The van der Waals surface area contributed by atoms with Crippen LogP contribution in [0.3, 0.4) is 0 Å². The van der Waals surface area contributed by atoms with E-state index in [1.54, 1.807) is 18.2 Å². The first-order valence-electron chi connectivity index (χ1n) is 8.46. The Labute approximate surface area is 158 Å². The molecule has 3 aromatic rings. The molecule has 1 spiro atoms. The third kappa shape index (κ3) is 2.52. The highest BCUT2D eigenvalue weighted by Gasteiger charge is 2.47. The number of nitrogens with one attached hydrogen (secondary N) is 2. The molecule has 2 aromatic heterocycles. The molecule has 5 rings (SSSR count). The number of benzene rings is 1. The van der Waals surface area contributed by atoms with Crippen LogP contribution in [0.1, 0.15) is 6.42 Å². The van der Waals surface area contributed by atoms with Crippen LogP contribution in [-0.2, 0) is 0 Å². The maximum Gasteiger partial charge on any atom is 0.160 e. The van der Waals surface area contributed by atoms with Gasteiger partial charge in [-0.3, -0.25) is 0 Å². The van der Waals surface area contributed by atoms with Crippen LogP contribution in [0.4, 0.5) is 21.7 Å². The van der Waals surface area contributed by atoms with Crippen LogP contribution in [0, 0.1) is 5.82 Å². The molecule has 0 atom stereocenters. The summed E-state index contributed by atoms with van der Waals surface area (Å²) >= 11 is 3.20. The SMILES string of the molecule is Fc1c(Br)cccc1Nc1ncnc2ccc(N3CC4(CCN4)C3)nc12. The molecule has 0 radical (unpaired) electrons. The maximum atomic E-state index is 14.3. The Morgan fingerprint density at radius 1 is 1.19 bits per heavy atom. The van der Waals surface area contributed by atoms with Gasteiger partial charge < -0.3 is 15.5 Å². The smallest absolute Gasteiger partial charge is 0.160 e.